The van der Waals surface area contributed by atoms with Gasteiger partial charge in [-0.2, -0.15) is 8.42 Å². The van der Waals surface area contributed by atoms with Crippen LogP contribution < -0.4 is 5.73 Å². The summed E-state index contributed by atoms with van der Waals surface area (Å²) in [4.78, 5) is 2.25. The minimum atomic E-state index is -4.67. The van der Waals surface area contributed by atoms with Crippen LogP contribution in [-0.4, -0.2) is 60.1 Å². The molecule has 1 fully saturated rings. The van der Waals surface area contributed by atoms with Crippen molar-refractivity contribution in [3.05, 3.63) is 0 Å². The molecule has 0 amide bonds. The van der Waals surface area contributed by atoms with Gasteiger partial charge in [-0.15, -0.1) is 0 Å². The third-order valence-corrected chi connectivity index (χ3v) is 2.14. The molecule has 1 aliphatic rings. The molecule has 0 saturated carbocycles. The molecule has 0 atom stereocenters. The number of hydrogen-bond donors (Lipinski definition) is 3. The lowest BCUT2D eigenvalue weighted by atomic mass is 10.1. The Morgan fingerprint density at radius 2 is 1.56 bits per heavy atom. The van der Waals surface area contributed by atoms with Gasteiger partial charge in [0.2, 0.25) is 0 Å². The lowest BCUT2D eigenvalue weighted by Gasteiger charge is -2.22. The normalized spacial score (nSPS) is 16.1. The molecule has 0 aromatic rings. The molecule has 0 spiro atoms. The van der Waals surface area contributed by atoms with Gasteiger partial charge in [-0.1, -0.05) is 0 Å². The highest BCUT2D eigenvalue weighted by molar-refractivity contribution is 7.79. The van der Waals surface area contributed by atoms with E-state index >= 15 is 0 Å². The van der Waals surface area contributed by atoms with Gasteiger partial charge in [0.1, 0.15) is 0 Å². The van der Waals surface area contributed by atoms with Crippen molar-refractivity contribution in [2.24, 2.45) is 5.73 Å². The highest BCUT2D eigenvalue weighted by atomic mass is 32.3. The summed E-state index contributed by atoms with van der Waals surface area (Å²) in [7, 11) is -0.687. The third kappa shape index (κ3) is 8.45. The van der Waals surface area contributed by atoms with Gasteiger partial charge in [0.05, 0.1) is 27.2 Å². The van der Waals surface area contributed by atoms with Crippen molar-refractivity contribution in [1.29, 1.82) is 0 Å². The van der Waals surface area contributed by atoms with E-state index in [1.165, 1.54) is 19.3 Å². The van der Waals surface area contributed by atoms with Crippen LogP contribution in [0.4, 0.5) is 0 Å². The smallest absolute Gasteiger partial charge is 0.291 e. The second-order valence-corrected chi connectivity index (χ2v) is 4.64. The molecule has 0 aromatic heterocycles. The fraction of sp³-hybridized carbons (Fsp3) is 0.875. The van der Waals surface area contributed by atoms with Gasteiger partial charge in [0.15, 0.2) is 0 Å². The van der Waals surface area contributed by atoms with E-state index in [4.69, 9.17) is 23.3 Å². The zero-order chi connectivity index (χ0) is 12.8. The average Bonchev–Trinajstić information content (AvgIpc) is 2.15. The van der Waals surface area contributed by atoms with Crippen molar-refractivity contribution in [3.63, 3.8) is 0 Å². The van der Waals surface area contributed by atoms with E-state index in [0.717, 1.165) is 19.0 Å². The van der Waals surface area contributed by atoms with Crippen molar-refractivity contribution >= 4 is 16.4 Å². The van der Waals surface area contributed by atoms with Gasteiger partial charge < -0.3 is 0 Å². The first-order chi connectivity index (χ1) is 7.22. The first kappa shape index (κ1) is 15.1. The zero-order valence-corrected chi connectivity index (χ0v) is 10.4. The van der Waals surface area contributed by atoms with E-state index in [1.807, 2.05) is 18.7 Å². The van der Waals surface area contributed by atoms with Crippen molar-refractivity contribution in [1.82, 2.24) is 4.90 Å². The number of likely N-dealkylation sites (tertiary alicyclic amines) is 1. The van der Waals surface area contributed by atoms with Gasteiger partial charge in [-0.25, -0.2) is 0 Å². The van der Waals surface area contributed by atoms with E-state index in [9.17, 15) is 0 Å². The van der Waals surface area contributed by atoms with Crippen LogP contribution in [0.25, 0.3) is 0 Å². The number of rotatable bonds is 0. The van der Waals surface area contributed by atoms with Gasteiger partial charge in [-0.3, -0.25) is 24.3 Å². The first-order valence-electron chi connectivity index (χ1n) is 4.96. The van der Waals surface area contributed by atoms with Crippen LogP contribution in [0.2, 0.25) is 0 Å². The summed E-state index contributed by atoms with van der Waals surface area (Å²) in [5, 5.41) is 0. The Bertz CT molecular complexity index is 321. The van der Waals surface area contributed by atoms with Crippen LogP contribution in [0.15, 0.2) is 0 Å². The fourth-order valence-corrected chi connectivity index (χ4v) is 1.41. The molecule has 1 saturated heterocycles. The SMILES string of the molecule is C[N+](C)=C(N)N1CCCCC1.O=S(=O)(O)O. The Morgan fingerprint density at radius 1 is 1.19 bits per heavy atom. The molecule has 0 bridgehead atoms. The van der Waals surface area contributed by atoms with Gasteiger partial charge in [0, 0.05) is 0 Å². The molecule has 96 valence electrons. The number of guanidine groups is 1. The highest BCUT2D eigenvalue weighted by Gasteiger charge is 2.17. The van der Waals surface area contributed by atoms with Crippen LogP contribution in [0.5, 0.6) is 0 Å². The van der Waals surface area contributed by atoms with E-state index in [2.05, 4.69) is 4.90 Å². The van der Waals surface area contributed by atoms with E-state index in [0.29, 0.717) is 0 Å². The summed E-state index contributed by atoms with van der Waals surface area (Å²) in [5.41, 5.74) is 5.86. The number of nitrogens with two attached hydrogens (primary N) is 1. The topological polar surface area (TPSA) is 107 Å². The summed E-state index contributed by atoms with van der Waals surface area (Å²) in [6.07, 6.45) is 3.93. The summed E-state index contributed by atoms with van der Waals surface area (Å²) >= 11 is 0. The van der Waals surface area contributed by atoms with Crippen molar-refractivity contribution in [2.45, 2.75) is 19.3 Å². The number of hydrogen-bond acceptors (Lipinski definition) is 2. The van der Waals surface area contributed by atoms with Gasteiger partial charge in [0.25, 0.3) is 0 Å². The third-order valence-electron chi connectivity index (χ3n) is 2.14. The summed E-state index contributed by atoms with van der Waals surface area (Å²) < 4.78 is 33.6. The maximum atomic E-state index is 8.74. The van der Waals surface area contributed by atoms with E-state index < -0.39 is 10.4 Å². The predicted octanol–water partition coefficient (Wildman–Crippen LogP) is -0.594. The van der Waals surface area contributed by atoms with Crippen molar-refractivity contribution < 1.29 is 22.1 Å². The molecule has 1 heterocycles. The Balaban J connectivity index is 0.000000385. The maximum Gasteiger partial charge on any atom is 0.394 e. The average molecular weight is 254 g/mol. The standard InChI is InChI=1S/C8H17N3.H2O4S/c1-10(2)8(9)11-6-4-3-5-7-11;1-5(2,3)4/h9H,3-7H2,1-2H3;(H2,1,2,3,4)/p+1. The highest BCUT2D eigenvalue weighted by Crippen LogP contribution is 2.07. The van der Waals surface area contributed by atoms with Gasteiger partial charge in [-0.05, 0) is 19.3 Å². The lowest BCUT2D eigenvalue weighted by Crippen LogP contribution is -2.45. The van der Waals surface area contributed by atoms with Crippen molar-refractivity contribution in [3.8, 4) is 0 Å². The largest absolute Gasteiger partial charge is 0.394 e. The minimum Gasteiger partial charge on any atom is -0.291 e. The second kappa shape index (κ2) is 6.66. The quantitative estimate of drug-likeness (QED) is 0.231. The Labute approximate surface area is 96.1 Å². The summed E-state index contributed by atoms with van der Waals surface area (Å²) in [5.74, 6) is 0.907. The number of nitrogens with zero attached hydrogens (tertiary/aromatic N) is 2. The monoisotopic (exact) mass is 254 g/mol. The van der Waals surface area contributed by atoms with Crippen LogP contribution in [0.1, 0.15) is 19.3 Å². The molecular weight excluding hydrogens is 234 g/mol. The zero-order valence-electron chi connectivity index (χ0n) is 9.63. The fourth-order valence-electron chi connectivity index (χ4n) is 1.41. The second-order valence-electron chi connectivity index (χ2n) is 3.75. The molecule has 1 rings (SSSR count). The maximum absolute atomic E-state index is 8.74. The molecule has 8 heteroatoms. The molecule has 4 N–H and O–H groups in total. The van der Waals surface area contributed by atoms with Crippen LogP contribution >= 0.6 is 0 Å². The Kier molecular flexibility index (Phi) is 6.31. The first-order valence-corrected chi connectivity index (χ1v) is 6.36. The molecule has 7 nitrogen and oxygen atoms in total. The predicted molar refractivity (Wildman–Crippen MR) is 60.9 cm³/mol. The molecule has 0 radical (unpaired) electrons. The molecule has 1 aliphatic heterocycles. The van der Waals surface area contributed by atoms with Crippen LogP contribution in [-0.2, 0) is 10.4 Å². The molecule has 0 aromatic carbocycles. The van der Waals surface area contributed by atoms with Crippen LogP contribution in [0, 0.1) is 0 Å². The molecule has 0 unspecified atom stereocenters. The Hall–Kier alpha value is -0.860. The van der Waals surface area contributed by atoms with Crippen LogP contribution in [0.3, 0.4) is 0 Å². The number of piperidine rings is 1. The molecule has 16 heavy (non-hydrogen) atoms. The minimum absolute atomic E-state index is 0.907. The summed E-state index contributed by atoms with van der Waals surface area (Å²) in [6, 6.07) is 0. The summed E-state index contributed by atoms with van der Waals surface area (Å²) in [6.45, 7) is 2.26. The molecule has 0 aliphatic carbocycles. The van der Waals surface area contributed by atoms with E-state index in [-0.39, 0.29) is 0 Å². The van der Waals surface area contributed by atoms with Gasteiger partial charge >= 0.3 is 16.4 Å². The molecular formula is C8H20N3O4S+. The van der Waals surface area contributed by atoms with Crippen molar-refractivity contribution in [2.75, 3.05) is 27.2 Å². The Morgan fingerprint density at radius 3 is 1.88 bits per heavy atom. The van der Waals surface area contributed by atoms with E-state index in [1.54, 1.807) is 0 Å². The lowest BCUT2D eigenvalue weighted by molar-refractivity contribution is -0.471.